The molecule has 0 bridgehead atoms. The lowest BCUT2D eigenvalue weighted by Gasteiger charge is -2.15. The summed E-state index contributed by atoms with van der Waals surface area (Å²) in [6.45, 7) is 1.90. The molecule has 1 atom stereocenters. The van der Waals surface area contributed by atoms with Gasteiger partial charge in [-0.25, -0.2) is 0 Å². The van der Waals surface area contributed by atoms with Crippen molar-refractivity contribution in [1.82, 2.24) is 5.32 Å². The first kappa shape index (κ1) is 14.9. The Morgan fingerprint density at radius 2 is 2.05 bits per heavy atom. The Balaban J connectivity index is 2.17. The average Bonchev–Trinajstić information content (AvgIpc) is 2.41. The highest BCUT2D eigenvalue weighted by Crippen LogP contribution is 2.21. The standard InChI is InChI=1S/C15H14BrClN2O/c1-9(10-3-2-4-12(17)7-10)19-15(20)13-8-11(16)5-6-14(13)18/h2-9H,18H2,1H3,(H,19,20)/t9-/m1/s1. The van der Waals surface area contributed by atoms with Crippen LogP contribution in [-0.2, 0) is 0 Å². The van der Waals surface area contributed by atoms with E-state index in [-0.39, 0.29) is 11.9 Å². The van der Waals surface area contributed by atoms with Crippen molar-refractivity contribution >= 4 is 39.1 Å². The number of hydrogen-bond acceptors (Lipinski definition) is 2. The number of rotatable bonds is 3. The van der Waals surface area contributed by atoms with Crippen molar-refractivity contribution in [2.75, 3.05) is 5.73 Å². The average molecular weight is 354 g/mol. The lowest BCUT2D eigenvalue weighted by atomic mass is 10.1. The first-order valence-electron chi connectivity index (χ1n) is 6.08. The summed E-state index contributed by atoms with van der Waals surface area (Å²) in [4.78, 5) is 12.2. The van der Waals surface area contributed by atoms with Crippen LogP contribution < -0.4 is 11.1 Å². The van der Waals surface area contributed by atoms with Gasteiger partial charge in [-0.05, 0) is 42.8 Å². The molecule has 0 aromatic heterocycles. The maximum absolute atomic E-state index is 12.2. The highest BCUT2D eigenvalue weighted by molar-refractivity contribution is 9.10. The van der Waals surface area contributed by atoms with Crippen LogP contribution in [-0.4, -0.2) is 5.91 Å². The molecule has 20 heavy (non-hydrogen) atoms. The number of amides is 1. The van der Waals surface area contributed by atoms with Crippen LogP contribution >= 0.6 is 27.5 Å². The van der Waals surface area contributed by atoms with E-state index in [0.717, 1.165) is 10.0 Å². The Labute approximate surface area is 131 Å². The summed E-state index contributed by atoms with van der Waals surface area (Å²) >= 11 is 9.28. The molecule has 0 unspecified atom stereocenters. The summed E-state index contributed by atoms with van der Waals surface area (Å²) in [6, 6.07) is 12.4. The Hall–Kier alpha value is -1.52. The number of hydrogen-bond donors (Lipinski definition) is 2. The van der Waals surface area contributed by atoms with Crippen molar-refractivity contribution < 1.29 is 4.79 Å². The molecule has 0 fully saturated rings. The number of carbonyl (C=O) groups excluding carboxylic acids is 1. The molecular weight excluding hydrogens is 340 g/mol. The molecule has 0 radical (unpaired) electrons. The number of nitrogens with one attached hydrogen (secondary N) is 1. The fraction of sp³-hybridized carbons (Fsp3) is 0.133. The number of nitrogen functional groups attached to an aromatic ring is 1. The summed E-state index contributed by atoms with van der Waals surface area (Å²) < 4.78 is 0.812. The third kappa shape index (κ3) is 3.52. The van der Waals surface area contributed by atoms with Crippen LogP contribution in [0.4, 0.5) is 5.69 Å². The van der Waals surface area contributed by atoms with E-state index in [4.69, 9.17) is 17.3 Å². The lowest BCUT2D eigenvalue weighted by molar-refractivity contribution is 0.0940. The van der Waals surface area contributed by atoms with E-state index in [1.807, 2.05) is 25.1 Å². The van der Waals surface area contributed by atoms with E-state index in [0.29, 0.717) is 16.3 Å². The van der Waals surface area contributed by atoms with E-state index in [2.05, 4.69) is 21.2 Å². The maximum atomic E-state index is 12.2. The van der Waals surface area contributed by atoms with Gasteiger partial charge in [0.2, 0.25) is 0 Å². The molecule has 5 heteroatoms. The molecule has 2 aromatic rings. The number of carbonyl (C=O) groups is 1. The van der Waals surface area contributed by atoms with Crippen LogP contribution in [0.2, 0.25) is 5.02 Å². The highest BCUT2D eigenvalue weighted by Gasteiger charge is 2.14. The summed E-state index contributed by atoms with van der Waals surface area (Å²) in [6.07, 6.45) is 0. The van der Waals surface area contributed by atoms with Gasteiger partial charge in [-0.15, -0.1) is 0 Å². The second kappa shape index (κ2) is 6.29. The van der Waals surface area contributed by atoms with E-state index in [1.54, 1.807) is 24.3 Å². The van der Waals surface area contributed by atoms with Crippen molar-refractivity contribution in [3.63, 3.8) is 0 Å². The zero-order valence-electron chi connectivity index (χ0n) is 10.9. The molecule has 3 nitrogen and oxygen atoms in total. The minimum Gasteiger partial charge on any atom is -0.398 e. The number of benzene rings is 2. The van der Waals surface area contributed by atoms with Crippen molar-refractivity contribution in [1.29, 1.82) is 0 Å². The van der Waals surface area contributed by atoms with Gasteiger partial charge in [-0.3, -0.25) is 4.79 Å². The highest BCUT2D eigenvalue weighted by atomic mass is 79.9. The monoisotopic (exact) mass is 352 g/mol. The molecule has 0 saturated heterocycles. The summed E-state index contributed by atoms with van der Waals surface area (Å²) in [5, 5.41) is 3.55. The largest absolute Gasteiger partial charge is 0.398 e. The molecule has 0 aliphatic heterocycles. The first-order chi connectivity index (χ1) is 9.47. The van der Waals surface area contributed by atoms with Crippen molar-refractivity contribution in [3.8, 4) is 0 Å². The maximum Gasteiger partial charge on any atom is 0.253 e. The normalized spacial score (nSPS) is 11.9. The van der Waals surface area contributed by atoms with Crippen LogP contribution in [0.1, 0.15) is 28.9 Å². The van der Waals surface area contributed by atoms with Crippen LogP contribution in [0.3, 0.4) is 0 Å². The molecule has 0 heterocycles. The predicted octanol–water partition coefficient (Wildman–Crippen LogP) is 4.18. The zero-order chi connectivity index (χ0) is 14.7. The fourth-order valence-corrected chi connectivity index (χ4v) is 2.42. The van der Waals surface area contributed by atoms with Crippen LogP contribution in [0.5, 0.6) is 0 Å². The van der Waals surface area contributed by atoms with E-state index < -0.39 is 0 Å². The SMILES string of the molecule is C[C@@H](NC(=O)c1cc(Br)ccc1N)c1cccc(Cl)c1. The third-order valence-electron chi connectivity index (χ3n) is 2.96. The molecular formula is C15H14BrClN2O. The first-order valence-corrected chi connectivity index (χ1v) is 7.26. The van der Waals surface area contributed by atoms with Gasteiger partial charge in [0.05, 0.1) is 11.6 Å². The Morgan fingerprint density at radius 1 is 1.30 bits per heavy atom. The minimum atomic E-state index is -0.212. The Bertz CT molecular complexity index is 646. The molecule has 0 spiro atoms. The number of nitrogens with two attached hydrogens (primary N) is 1. The summed E-state index contributed by atoms with van der Waals surface area (Å²) in [5.41, 5.74) is 7.67. The topological polar surface area (TPSA) is 55.1 Å². The van der Waals surface area contributed by atoms with Gasteiger partial charge in [0.1, 0.15) is 0 Å². The molecule has 2 aromatic carbocycles. The summed E-state index contributed by atoms with van der Waals surface area (Å²) in [5.74, 6) is -0.212. The van der Waals surface area contributed by atoms with Crippen LogP contribution in [0.25, 0.3) is 0 Å². The van der Waals surface area contributed by atoms with Gasteiger partial charge in [-0.2, -0.15) is 0 Å². The molecule has 3 N–H and O–H groups in total. The van der Waals surface area contributed by atoms with Crippen LogP contribution in [0.15, 0.2) is 46.9 Å². The van der Waals surface area contributed by atoms with Gasteiger partial charge in [0.15, 0.2) is 0 Å². The lowest BCUT2D eigenvalue weighted by Crippen LogP contribution is -2.27. The minimum absolute atomic E-state index is 0.153. The van der Waals surface area contributed by atoms with Gasteiger partial charge >= 0.3 is 0 Å². The van der Waals surface area contributed by atoms with E-state index >= 15 is 0 Å². The molecule has 2 rings (SSSR count). The fourth-order valence-electron chi connectivity index (χ4n) is 1.86. The van der Waals surface area contributed by atoms with Crippen molar-refractivity contribution in [2.24, 2.45) is 0 Å². The second-order valence-corrected chi connectivity index (χ2v) is 5.83. The Morgan fingerprint density at radius 3 is 2.75 bits per heavy atom. The van der Waals surface area contributed by atoms with Gasteiger partial charge in [-0.1, -0.05) is 39.7 Å². The van der Waals surface area contributed by atoms with E-state index in [9.17, 15) is 4.79 Å². The third-order valence-corrected chi connectivity index (χ3v) is 3.68. The number of halogens is 2. The zero-order valence-corrected chi connectivity index (χ0v) is 13.2. The smallest absolute Gasteiger partial charge is 0.253 e. The molecule has 0 saturated carbocycles. The van der Waals surface area contributed by atoms with Crippen molar-refractivity contribution in [3.05, 3.63) is 63.1 Å². The molecule has 0 aliphatic rings. The molecule has 0 aliphatic carbocycles. The number of anilines is 1. The van der Waals surface area contributed by atoms with Gasteiger partial charge in [0, 0.05) is 15.2 Å². The van der Waals surface area contributed by atoms with Crippen molar-refractivity contribution in [2.45, 2.75) is 13.0 Å². The van der Waals surface area contributed by atoms with Gasteiger partial charge < -0.3 is 11.1 Å². The molecule has 104 valence electrons. The quantitative estimate of drug-likeness (QED) is 0.813. The van der Waals surface area contributed by atoms with Crippen LogP contribution in [0, 0.1) is 0 Å². The van der Waals surface area contributed by atoms with E-state index in [1.165, 1.54) is 0 Å². The van der Waals surface area contributed by atoms with Gasteiger partial charge in [0.25, 0.3) is 5.91 Å². The Kier molecular flexibility index (Phi) is 4.68. The summed E-state index contributed by atoms with van der Waals surface area (Å²) in [7, 11) is 0. The predicted molar refractivity (Wildman–Crippen MR) is 85.9 cm³/mol. The molecule has 1 amide bonds. The second-order valence-electron chi connectivity index (χ2n) is 4.48.